The van der Waals surface area contributed by atoms with Crippen LogP contribution in [-0.2, 0) is 35.1 Å². The maximum atomic E-state index is 12.5. The van der Waals surface area contributed by atoms with E-state index in [2.05, 4.69) is 0 Å². The van der Waals surface area contributed by atoms with Crippen LogP contribution in [0.3, 0.4) is 0 Å². The summed E-state index contributed by atoms with van der Waals surface area (Å²) in [6.45, 7) is 3.61. The van der Waals surface area contributed by atoms with Crippen molar-refractivity contribution in [2.24, 2.45) is 0 Å². The fraction of sp³-hybridized carbons (Fsp3) is 0.333. The lowest BCUT2D eigenvalue weighted by molar-refractivity contribution is -0.203. The molecule has 2 aromatic rings. The molecule has 162 valence electrons. The van der Waals surface area contributed by atoms with Crippen LogP contribution in [0.2, 0.25) is 0 Å². The summed E-state index contributed by atoms with van der Waals surface area (Å²) in [5.41, 5.74) is 1.83. The van der Waals surface area contributed by atoms with Gasteiger partial charge >= 0.3 is 11.9 Å². The number of hydrogen-bond acceptors (Lipinski definition) is 7. The molecular weight excluding hydrogens is 400 g/mol. The number of benzene rings is 2. The average molecular weight is 424 g/mol. The molecule has 4 rings (SSSR count). The Balaban J connectivity index is 1.44. The van der Waals surface area contributed by atoms with Crippen LogP contribution in [-0.4, -0.2) is 42.8 Å². The van der Waals surface area contributed by atoms with Crippen LogP contribution in [0, 0.1) is 0 Å². The van der Waals surface area contributed by atoms with Gasteiger partial charge in [0.15, 0.2) is 12.1 Å². The minimum atomic E-state index is -0.853. The third-order valence-corrected chi connectivity index (χ3v) is 4.94. The fourth-order valence-electron chi connectivity index (χ4n) is 3.50. The Morgan fingerprint density at radius 1 is 0.968 bits per heavy atom. The number of fused-ring (bicyclic) bond motifs is 1. The molecule has 2 saturated heterocycles. The molecule has 3 atom stereocenters. The molecule has 0 aliphatic carbocycles. The number of esters is 2. The first-order valence-electron chi connectivity index (χ1n) is 10.1. The van der Waals surface area contributed by atoms with E-state index in [-0.39, 0.29) is 13.2 Å². The minimum absolute atomic E-state index is 0.0777. The summed E-state index contributed by atoms with van der Waals surface area (Å²) >= 11 is 0. The second kappa shape index (κ2) is 9.01. The zero-order valence-corrected chi connectivity index (χ0v) is 17.4. The SMILES string of the molecule is CC1(C)O[C@H]2O[C@H](COC(=O)c3ccccc3)C(=CC(=O)OCc3ccccc3)[C@H]2O1. The van der Waals surface area contributed by atoms with Gasteiger partial charge in [-0.05, 0) is 31.5 Å². The summed E-state index contributed by atoms with van der Waals surface area (Å²) in [7, 11) is 0. The zero-order chi connectivity index (χ0) is 21.8. The predicted molar refractivity (Wildman–Crippen MR) is 110 cm³/mol. The van der Waals surface area contributed by atoms with Crippen molar-refractivity contribution in [3.05, 3.63) is 83.4 Å². The van der Waals surface area contributed by atoms with E-state index in [0.29, 0.717) is 11.1 Å². The Labute approximate surface area is 180 Å². The topological polar surface area (TPSA) is 80.3 Å². The Bertz CT molecular complexity index is 952. The fourth-order valence-corrected chi connectivity index (χ4v) is 3.50. The third-order valence-electron chi connectivity index (χ3n) is 4.94. The van der Waals surface area contributed by atoms with Crippen molar-refractivity contribution < 1.29 is 33.3 Å². The number of carbonyl (C=O) groups is 2. The first-order chi connectivity index (χ1) is 14.9. The Morgan fingerprint density at radius 2 is 1.65 bits per heavy atom. The van der Waals surface area contributed by atoms with E-state index in [4.69, 9.17) is 23.7 Å². The quantitative estimate of drug-likeness (QED) is 0.519. The van der Waals surface area contributed by atoms with E-state index in [1.54, 1.807) is 38.1 Å². The highest BCUT2D eigenvalue weighted by Crippen LogP contribution is 2.40. The van der Waals surface area contributed by atoms with E-state index in [0.717, 1.165) is 5.56 Å². The van der Waals surface area contributed by atoms with Crippen molar-refractivity contribution in [1.29, 1.82) is 0 Å². The van der Waals surface area contributed by atoms with Crippen LogP contribution in [0.1, 0.15) is 29.8 Å². The van der Waals surface area contributed by atoms with Crippen LogP contribution in [0.15, 0.2) is 72.3 Å². The molecule has 2 heterocycles. The average Bonchev–Trinajstić information content (AvgIpc) is 3.23. The molecule has 0 radical (unpaired) electrons. The molecule has 0 aromatic heterocycles. The van der Waals surface area contributed by atoms with Gasteiger partial charge in [-0.3, -0.25) is 0 Å². The zero-order valence-electron chi connectivity index (χ0n) is 17.4. The van der Waals surface area contributed by atoms with Crippen molar-refractivity contribution in [3.8, 4) is 0 Å². The van der Waals surface area contributed by atoms with Gasteiger partial charge in [-0.2, -0.15) is 0 Å². The van der Waals surface area contributed by atoms with Gasteiger partial charge in [-0.25, -0.2) is 9.59 Å². The summed E-state index contributed by atoms with van der Waals surface area (Å²) in [4.78, 5) is 24.8. The van der Waals surface area contributed by atoms with E-state index in [1.165, 1.54) is 6.08 Å². The largest absolute Gasteiger partial charge is 0.459 e. The third kappa shape index (κ3) is 5.19. The molecule has 2 aromatic carbocycles. The number of rotatable bonds is 6. The lowest BCUT2D eigenvalue weighted by Gasteiger charge is -2.21. The van der Waals surface area contributed by atoms with Gasteiger partial charge in [0.05, 0.1) is 5.56 Å². The van der Waals surface area contributed by atoms with Crippen LogP contribution in [0.25, 0.3) is 0 Å². The van der Waals surface area contributed by atoms with E-state index in [1.807, 2.05) is 36.4 Å². The Hall–Kier alpha value is -3.00. The molecule has 0 amide bonds. The molecule has 2 aliphatic rings. The highest BCUT2D eigenvalue weighted by atomic mass is 16.8. The summed E-state index contributed by atoms with van der Waals surface area (Å²) in [6, 6.07) is 18.0. The maximum absolute atomic E-state index is 12.5. The van der Waals surface area contributed by atoms with Crippen molar-refractivity contribution in [3.63, 3.8) is 0 Å². The summed E-state index contributed by atoms with van der Waals surface area (Å²) < 4.78 is 28.3. The summed E-state index contributed by atoms with van der Waals surface area (Å²) in [5.74, 6) is -1.86. The van der Waals surface area contributed by atoms with E-state index < -0.39 is 36.2 Å². The number of hydrogen-bond donors (Lipinski definition) is 0. The highest BCUT2D eigenvalue weighted by molar-refractivity contribution is 5.89. The number of ether oxygens (including phenoxy) is 5. The van der Waals surface area contributed by atoms with Crippen LogP contribution in [0.5, 0.6) is 0 Å². The molecule has 31 heavy (non-hydrogen) atoms. The predicted octanol–water partition coefficient (Wildman–Crippen LogP) is 3.39. The molecule has 0 N–H and O–H groups in total. The summed E-state index contributed by atoms with van der Waals surface area (Å²) in [5, 5.41) is 0. The minimum Gasteiger partial charge on any atom is -0.459 e. The van der Waals surface area contributed by atoms with Gasteiger partial charge in [0, 0.05) is 11.6 Å². The van der Waals surface area contributed by atoms with E-state index >= 15 is 0 Å². The monoisotopic (exact) mass is 424 g/mol. The molecule has 0 bridgehead atoms. The standard InChI is InChI=1S/C24H24O7/c1-24(2)30-21-18(13-20(25)27-14-16-9-5-3-6-10-16)19(29-23(21)31-24)15-28-22(26)17-11-7-4-8-12-17/h3-13,19,21,23H,14-15H2,1-2H3/t19-,21-,23-/m1/s1. The molecule has 0 unspecified atom stereocenters. The molecule has 2 fully saturated rings. The highest BCUT2D eigenvalue weighted by Gasteiger charge is 2.52. The molecule has 7 nitrogen and oxygen atoms in total. The van der Waals surface area contributed by atoms with Crippen molar-refractivity contribution in [2.75, 3.05) is 6.61 Å². The normalized spacial score (nSPS) is 25.2. The molecule has 7 heteroatoms. The van der Waals surface area contributed by atoms with Crippen LogP contribution in [0.4, 0.5) is 0 Å². The lowest BCUT2D eigenvalue weighted by atomic mass is 10.1. The van der Waals surface area contributed by atoms with Gasteiger partial charge in [0.2, 0.25) is 0 Å². The molecular formula is C24H24O7. The second-order valence-corrected chi connectivity index (χ2v) is 7.75. The second-order valence-electron chi connectivity index (χ2n) is 7.75. The van der Waals surface area contributed by atoms with E-state index in [9.17, 15) is 9.59 Å². The smallest absolute Gasteiger partial charge is 0.338 e. The first-order valence-corrected chi connectivity index (χ1v) is 10.1. The van der Waals surface area contributed by atoms with Gasteiger partial charge in [-0.1, -0.05) is 48.5 Å². The van der Waals surface area contributed by atoms with Crippen molar-refractivity contribution >= 4 is 11.9 Å². The lowest BCUT2D eigenvalue weighted by Crippen LogP contribution is -2.28. The molecule has 0 saturated carbocycles. The van der Waals surface area contributed by atoms with Crippen LogP contribution >= 0.6 is 0 Å². The number of carbonyl (C=O) groups excluding carboxylic acids is 2. The summed E-state index contributed by atoms with van der Waals surface area (Å²) in [6.07, 6.45) is -0.606. The van der Waals surface area contributed by atoms with Gasteiger partial charge in [0.25, 0.3) is 0 Å². The first kappa shape index (κ1) is 21.2. The Morgan fingerprint density at radius 3 is 2.35 bits per heavy atom. The van der Waals surface area contributed by atoms with Crippen molar-refractivity contribution in [1.82, 2.24) is 0 Å². The van der Waals surface area contributed by atoms with Gasteiger partial charge < -0.3 is 23.7 Å². The molecule has 2 aliphatic heterocycles. The Kier molecular flexibility index (Phi) is 6.18. The van der Waals surface area contributed by atoms with Gasteiger partial charge in [-0.15, -0.1) is 0 Å². The molecule has 0 spiro atoms. The van der Waals surface area contributed by atoms with Crippen LogP contribution < -0.4 is 0 Å². The van der Waals surface area contributed by atoms with Gasteiger partial charge in [0.1, 0.15) is 25.4 Å². The van der Waals surface area contributed by atoms with Crippen molar-refractivity contribution in [2.45, 2.75) is 44.7 Å². The maximum Gasteiger partial charge on any atom is 0.338 e.